The van der Waals surface area contributed by atoms with E-state index < -0.39 is 11.7 Å². The molecule has 1 aromatic carbocycles. The first-order valence-corrected chi connectivity index (χ1v) is 9.66. The van der Waals surface area contributed by atoms with E-state index in [1.54, 1.807) is 24.4 Å². The summed E-state index contributed by atoms with van der Waals surface area (Å²) in [5, 5.41) is 3.00. The zero-order valence-corrected chi connectivity index (χ0v) is 16.6. The Hall–Kier alpha value is -3.69. The predicted octanol–water partition coefficient (Wildman–Crippen LogP) is 4.22. The molecule has 7 nitrogen and oxygen atoms in total. The first-order chi connectivity index (χ1) is 14.8. The van der Waals surface area contributed by atoms with Crippen LogP contribution in [0.5, 0.6) is 0 Å². The van der Waals surface area contributed by atoms with E-state index in [9.17, 15) is 18.0 Å². The molecular formula is C21H19F3N6O. The number of aromatic nitrogens is 5. The standard InChI is InChI=1S/C21H19F3N6O/c1-2-8-30-12-27-19-17(20(30)31)28-18(29-19)14-6-7-16(26-11-14)25-10-13-4-3-5-15(9-13)21(22,23)24/h3-7,9,11-12H,2,8,10H2,1H3,(H,25,26)(H,28,29). The van der Waals surface area contributed by atoms with Crippen molar-refractivity contribution in [3.8, 4) is 11.4 Å². The number of hydrogen-bond acceptors (Lipinski definition) is 5. The van der Waals surface area contributed by atoms with Crippen LogP contribution in [0.4, 0.5) is 19.0 Å². The van der Waals surface area contributed by atoms with Gasteiger partial charge in [-0.05, 0) is 36.2 Å². The zero-order chi connectivity index (χ0) is 22.0. The number of pyridine rings is 1. The molecule has 0 aliphatic rings. The Kier molecular flexibility index (Phi) is 5.45. The molecule has 0 radical (unpaired) electrons. The van der Waals surface area contributed by atoms with Gasteiger partial charge in [0.25, 0.3) is 5.56 Å². The molecule has 0 fully saturated rings. The number of alkyl halides is 3. The molecule has 160 valence electrons. The van der Waals surface area contributed by atoms with Crippen LogP contribution in [0.15, 0.2) is 53.7 Å². The fraction of sp³-hybridized carbons (Fsp3) is 0.238. The van der Waals surface area contributed by atoms with Gasteiger partial charge >= 0.3 is 6.18 Å². The lowest BCUT2D eigenvalue weighted by Crippen LogP contribution is -2.20. The molecule has 3 aromatic heterocycles. The van der Waals surface area contributed by atoms with Crippen LogP contribution >= 0.6 is 0 Å². The number of imidazole rings is 1. The summed E-state index contributed by atoms with van der Waals surface area (Å²) in [7, 11) is 0. The second-order valence-electron chi connectivity index (χ2n) is 7.01. The lowest BCUT2D eigenvalue weighted by molar-refractivity contribution is -0.137. The number of nitrogens with one attached hydrogen (secondary N) is 2. The van der Waals surface area contributed by atoms with Gasteiger partial charge in [-0.25, -0.2) is 15.0 Å². The molecule has 0 aliphatic heterocycles. The van der Waals surface area contributed by atoms with Crippen molar-refractivity contribution in [2.24, 2.45) is 0 Å². The van der Waals surface area contributed by atoms with E-state index >= 15 is 0 Å². The number of nitrogens with zero attached hydrogens (tertiary/aromatic N) is 4. The van der Waals surface area contributed by atoms with E-state index in [1.807, 2.05) is 6.92 Å². The largest absolute Gasteiger partial charge is 0.416 e. The minimum absolute atomic E-state index is 0.182. The van der Waals surface area contributed by atoms with Crippen LogP contribution in [0.3, 0.4) is 0 Å². The van der Waals surface area contributed by atoms with Gasteiger partial charge in [-0.2, -0.15) is 13.2 Å². The minimum atomic E-state index is -4.38. The van der Waals surface area contributed by atoms with Crippen molar-refractivity contribution in [1.82, 2.24) is 24.5 Å². The van der Waals surface area contributed by atoms with Gasteiger partial charge in [0.15, 0.2) is 11.2 Å². The Labute approximate surface area is 175 Å². The number of hydrogen-bond donors (Lipinski definition) is 2. The monoisotopic (exact) mass is 428 g/mol. The van der Waals surface area contributed by atoms with Gasteiger partial charge in [0.2, 0.25) is 0 Å². The third-order valence-electron chi connectivity index (χ3n) is 4.71. The summed E-state index contributed by atoms with van der Waals surface area (Å²) < 4.78 is 40.0. The van der Waals surface area contributed by atoms with Crippen molar-refractivity contribution in [1.29, 1.82) is 0 Å². The number of anilines is 1. The Morgan fingerprint density at radius 2 is 2.00 bits per heavy atom. The molecule has 31 heavy (non-hydrogen) atoms. The van der Waals surface area contributed by atoms with Crippen molar-refractivity contribution in [3.05, 3.63) is 70.4 Å². The summed E-state index contributed by atoms with van der Waals surface area (Å²) in [5.74, 6) is 0.964. The number of aryl methyl sites for hydroxylation is 1. The van der Waals surface area contributed by atoms with Gasteiger partial charge in [-0.3, -0.25) is 9.36 Å². The summed E-state index contributed by atoms with van der Waals surface area (Å²) in [4.78, 5) is 28.3. The number of rotatable bonds is 6. The quantitative estimate of drug-likeness (QED) is 0.480. The summed E-state index contributed by atoms with van der Waals surface area (Å²) in [6.45, 7) is 2.75. The number of fused-ring (bicyclic) bond motifs is 1. The number of halogens is 3. The molecule has 4 rings (SSSR count). The van der Waals surface area contributed by atoms with Crippen LogP contribution in [0.25, 0.3) is 22.6 Å². The average Bonchev–Trinajstić information content (AvgIpc) is 3.20. The molecule has 0 spiro atoms. The highest BCUT2D eigenvalue weighted by atomic mass is 19.4. The predicted molar refractivity (Wildman–Crippen MR) is 110 cm³/mol. The molecule has 10 heteroatoms. The van der Waals surface area contributed by atoms with Crippen LogP contribution in [-0.2, 0) is 19.3 Å². The van der Waals surface area contributed by atoms with Crippen LogP contribution in [0.2, 0.25) is 0 Å². The van der Waals surface area contributed by atoms with Gasteiger partial charge < -0.3 is 10.3 Å². The van der Waals surface area contributed by atoms with E-state index in [4.69, 9.17) is 0 Å². The van der Waals surface area contributed by atoms with Crippen LogP contribution in [0.1, 0.15) is 24.5 Å². The summed E-state index contributed by atoms with van der Waals surface area (Å²) >= 11 is 0. The highest BCUT2D eigenvalue weighted by Gasteiger charge is 2.30. The van der Waals surface area contributed by atoms with Gasteiger partial charge in [0.1, 0.15) is 18.0 Å². The molecule has 3 heterocycles. The smallest absolute Gasteiger partial charge is 0.366 e. The second kappa shape index (κ2) is 8.21. The molecule has 0 unspecified atom stereocenters. The van der Waals surface area contributed by atoms with E-state index in [0.29, 0.717) is 40.5 Å². The number of benzene rings is 1. The normalized spacial score (nSPS) is 11.7. The SMILES string of the molecule is CCCn1cnc2nc(-c3ccc(NCc4cccc(C(F)(F)F)c4)nc3)[nH]c2c1=O. The molecule has 0 saturated carbocycles. The van der Waals surface area contributed by atoms with Crippen LogP contribution in [0, 0.1) is 0 Å². The van der Waals surface area contributed by atoms with Gasteiger partial charge in [-0.15, -0.1) is 0 Å². The topological polar surface area (TPSA) is 88.5 Å². The molecule has 0 bridgehead atoms. The zero-order valence-electron chi connectivity index (χ0n) is 16.6. The maximum atomic E-state index is 12.8. The molecule has 4 aromatic rings. The Morgan fingerprint density at radius 3 is 2.71 bits per heavy atom. The summed E-state index contributed by atoms with van der Waals surface area (Å²) in [5.41, 5.74) is 0.942. The lowest BCUT2D eigenvalue weighted by atomic mass is 10.1. The van der Waals surface area contributed by atoms with E-state index in [-0.39, 0.29) is 12.1 Å². The van der Waals surface area contributed by atoms with E-state index in [2.05, 4.69) is 25.3 Å². The molecule has 0 saturated heterocycles. The Morgan fingerprint density at radius 1 is 1.16 bits per heavy atom. The van der Waals surface area contributed by atoms with Crippen LogP contribution in [-0.4, -0.2) is 24.5 Å². The summed E-state index contributed by atoms with van der Waals surface area (Å²) in [6.07, 6.45) is -0.515. The first-order valence-electron chi connectivity index (χ1n) is 9.66. The van der Waals surface area contributed by atoms with Gasteiger partial charge in [0.05, 0.1) is 5.56 Å². The lowest BCUT2D eigenvalue weighted by Gasteiger charge is -2.10. The fourth-order valence-electron chi connectivity index (χ4n) is 3.15. The van der Waals surface area contributed by atoms with Crippen molar-refractivity contribution in [2.45, 2.75) is 32.6 Å². The maximum absolute atomic E-state index is 12.8. The molecule has 0 atom stereocenters. The highest BCUT2D eigenvalue weighted by molar-refractivity contribution is 5.74. The fourth-order valence-corrected chi connectivity index (χ4v) is 3.15. The van der Waals surface area contributed by atoms with Gasteiger partial charge in [-0.1, -0.05) is 19.1 Å². The van der Waals surface area contributed by atoms with Crippen molar-refractivity contribution >= 4 is 17.0 Å². The average molecular weight is 428 g/mol. The molecule has 0 aliphatic carbocycles. The number of aromatic amines is 1. The van der Waals surface area contributed by atoms with Crippen LogP contribution < -0.4 is 10.9 Å². The molecular weight excluding hydrogens is 409 g/mol. The molecule has 0 amide bonds. The minimum Gasteiger partial charge on any atom is -0.366 e. The second-order valence-corrected chi connectivity index (χ2v) is 7.01. The van der Waals surface area contributed by atoms with Crippen molar-refractivity contribution in [3.63, 3.8) is 0 Å². The third-order valence-corrected chi connectivity index (χ3v) is 4.71. The van der Waals surface area contributed by atoms with Crippen molar-refractivity contribution < 1.29 is 13.2 Å². The number of H-pyrrole nitrogens is 1. The highest BCUT2D eigenvalue weighted by Crippen LogP contribution is 2.29. The maximum Gasteiger partial charge on any atom is 0.416 e. The van der Waals surface area contributed by atoms with E-state index in [1.165, 1.54) is 17.0 Å². The third kappa shape index (κ3) is 4.42. The Balaban J connectivity index is 1.50. The first kappa shape index (κ1) is 20.6. The van der Waals surface area contributed by atoms with E-state index in [0.717, 1.165) is 18.6 Å². The van der Waals surface area contributed by atoms with Crippen molar-refractivity contribution in [2.75, 3.05) is 5.32 Å². The molecule has 2 N–H and O–H groups in total. The Bertz CT molecular complexity index is 1260. The van der Waals surface area contributed by atoms with Gasteiger partial charge in [0, 0.05) is 24.8 Å². The summed E-state index contributed by atoms with van der Waals surface area (Å²) in [6, 6.07) is 8.58.